The molecule has 1 aliphatic heterocycles. The Balaban J connectivity index is 0.00000182. The number of rotatable bonds is 5. The summed E-state index contributed by atoms with van der Waals surface area (Å²) >= 11 is 0. The molecule has 0 radical (unpaired) electrons. The first kappa shape index (κ1) is 23.4. The zero-order chi connectivity index (χ0) is 17.9. The second kappa shape index (κ2) is 10.1. The third-order valence-corrected chi connectivity index (χ3v) is 5.11. The lowest BCUT2D eigenvalue weighted by Crippen LogP contribution is -2.52. The summed E-state index contributed by atoms with van der Waals surface area (Å²) in [4.78, 5) is 15.2. The summed E-state index contributed by atoms with van der Waals surface area (Å²) in [7, 11) is 0. The van der Waals surface area contributed by atoms with Crippen LogP contribution in [0, 0.1) is 0 Å². The van der Waals surface area contributed by atoms with Crippen LogP contribution in [-0.2, 0) is 16.9 Å². The SMILES string of the molecule is CC1CC(NC(=O)C(C)(N)c2ccccc2)CN1Cc1ccccc1.Cl.Cl. The Labute approximate surface area is 174 Å². The van der Waals surface area contributed by atoms with Crippen molar-refractivity contribution in [3.63, 3.8) is 0 Å². The third kappa shape index (κ3) is 5.69. The molecule has 3 N–H and O–H groups in total. The van der Waals surface area contributed by atoms with Gasteiger partial charge >= 0.3 is 0 Å². The van der Waals surface area contributed by atoms with Gasteiger partial charge in [-0.15, -0.1) is 24.8 Å². The first-order valence-electron chi connectivity index (χ1n) is 8.90. The van der Waals surface area contributed by atoms with Crippen LogP contribution in [0.15, 0.2) is 60.7 Å². The van der Waals surface area contributed by atoms with Crippen molar-refractivity contribution < 1.29 is 4.79 Å². The highest BCUT2D eigenvalue weighted by Crippen LogP contribution is 2.22. The predicted molar refractivity (Wildman–Crippen MR) is 115 cm³/mol. The van der Waals surface area contributed by atoms with Crippen molar-refractivity contribution in [1.29, 1.82) is 0 Å². The van der Waals surface area contributed by atoms with Crippen molar-refractivity contribution in [1.82, 2.24) is 10.2 Å². The van der Waals surface area contributed by atoms with E-state index in [1.165, 1.54) is 5.56 Å². The molecule has 1 aliphatic rings. The molecule has 27 heavy (non-hydrogen) atoms. The minimum absolute atomic E-state index is 0. The van der Waals surface area contributed by atoms with Gasteiger partial charge in [0.15, 0.2) is 0 Å². The second-order valence-corrected chi connectivity index (χ2v) is 7.24. The largest absolute Gasteiger partial charge is 0.350 e. The molecule has 0 saturated carbocycles. The quantitative estimate of drug-likeness (QED) is 0.794. The van der Waals surface area contributed by atoms with Crippen LogP contribution in [0.3, 0.4) is 0 Å². The first-order valence-corrected chi connectivity index (χ1v) is 8.90. The maximum atomic E-state index is 12.7. The molecule has 0 spiro atoms. The number of halogens is 2. The molecule has 6 heteroatoms. The van der Waals surface area contributed by atoms with Crippen molar-refractivity contribution in [2.24, 2.45) is 5.73 Å². The molecule has 1 fully saturated rings. The van der Waals surface area contributed by atoms with Crippen molar-refractivity contribution in [2.45, 2.75) is 44.4 Å². The Kier molecular flexibility index (Phi) is 8.76. The highest BCUT2D eigenvalue weighted by molar-refractivity contribution is 5.87. The van der Waals surface area contributed by atoms with E-state index in [1.54, 1.807) is 6.92 Å². The van der Waals surface area contributed by atoms with E-state index in [1.807, 2.05) is 36.4 Å². The number of nitrogens with two attached hydrogens (primary N) is 1. The van der Waals surface area contributed by atoms with Gasteiger partial charge in [-0.1, -0.05) is 60.7 Å². The van der Waals surface area contributed by atoms with Crippen LogP contribution in [0.1, 0.15) is 31.4 Å². The number of likely N-dealkylation sites (tertiary alicyclic amines) is 1. The Hall–Kier alpha value is -1.59. The standard InChI is InChI=1S/C21H27N3O.2ClH/c1-16-13-19(15-24(16)14-17-9-5-3-6-10-17)23-20(25)21(2,22)18-11-7-4-8-12-18;;/h3-12,16,19H,13-15,22H2,1-2H3,(H,23,25);2*1H. The number of amides is 1. The molecule has 4 nitrogen and oxygen atoms in total. The maximum absolute atomic E-state index is 12.7. The fraction of sp³-hybridized carbons (Fsp3) is 0.381. The molecule has 1 saturated heterocycles. The molecule has 1 heterocycles. The fourth-order valence-electron chi connectivity index (χ4n) is 3.49. The third-order valence-electron chi connectivity index (χ3n) is 5.11. The summed E-state index contributed by atoms with van der Waals surface area (Å²) in [5.74, 6) is -0.113. The molecule has 3 rings (SSSR count). The van der Waals surface area contributed by atoms with Crippen LogP contribution in [-0.4, -0.2) is 29.4 Å². The molecule has 2 aromatic rings. The van der Waals surface area contributed by atoms with Gasteiger partial charge in [-0.05, 0) is 31.4 Å². The summed E-state index contributed by atoms with van der Waals surface area (Å²) < 4.78 is 0. The molecule has 3 unspecified atom stereocenters. The topological polar surface area (TPSA) is 58.4 Å². The van der Waals surface area contributed by atoms with E-state index in [9.17, 15) is 4.79 Å². The molecule has 0 aromatic heterocycles. The van der Waals surface area contributed by atoms with Crippen LogP contribution in [0.5, 0.6) is 0 Å². The van der Waals surface area contributed by atoms with Crippen LogP contribution in [0.25, 0.3) is 0 Å². The van der Waals surface area contributed by atoms with E-state index in [0.29, 0.717) is 6.04 Å². The van der Waals surface area contributed by atoms with E-state index >= 15 is 0 Å². The molecular weight excluding hydrogens is 381 g/mol. The number of hydrogen-bond donors (Lipinski definition) is 2. The average Bonchev–Trinajstić information content (AvgIpc) is 2.95. The predicted octanol–water partition coefficient (Wildman–Crippen LogP) is 3.48. The summed E-state index contributed by atoms with van der Waals surface area (Å²) in [5.41, 5.74) is 7.44. The lowest BCUT2D eigenvalue weighted by molar-refractivity contribution is -0.126. The zero-order valence-corrected chi connectivity index (χ0v) is 17.4. The fourth-order valence-corrected chi connectivity index (χ4v) is 3.49. The number of carbonyl (C=O) groups excluding carboxylic acids is 1. The van der Waals surface area contributed by atoms with Gasteiger partial charge in [0.1, 0.15) is 5.54 Å². The van der Waals surface area contributed by atoms with Crippen molar-refractivity contribution >= 4 is 30.7 Å². The van der Waals surface area contributed by atoms with E-state index in [4.69, 9.17) is 5.73 Å². The van der Waals surface area contributed by atoms with Gasteiger partial charge < -0.3 is 11.1 Å². The molecular formula is C21H29Cl2N3O. The van der Waals surface area contributed by atoms with Gasteiger partial charge in [0.25, 0.3) is 0 Å². The van der Waals surface area contributed by atoms with E-state index < -0.39 is 5.54 Å². The number of carbonyl (C=O) groups is 1. The average molecular weight is 410 g/mol. The molecule has 0 aliphatic carbocycles. The van der Waals surface area contributed by atoms with Gasteiger partial charge in [-0.25, -0.2) is 0 Å². The summed E-state index contributed by atoms with van der Waals surface area (Å²) in [6, 6.07) is 20.6. The smallest absolute Gasteiger partial charge is 0.244 e. The Morgan fingerprint density at radius 1 is 1.11 bits per heavy atom. The first-order chi connectivity index (χ1) is 12.0. The maximum Gasteiger partial charge on any atom is 0.244 e. The molecule has 2 aromatic carbocycles. The number of hydrogen-bond acceptors (Lipinski definition) is 3. The van der Waals surface area contributed by atoms with Crippen LogP contribution in [0.2, 0.25) is 0 Å². The molecule has 148 valence electrons. The van der Waals surface area contributed by atoms with Gasteiger partial charge in [0.05, 0.1) is 0 Å². The van der Waals surface area contributed by atoms with Crippen LogP contribution < -0.4 is 11.1 Å². The number of nitrogens with zero attached hydrogens (tertiary/aromatic N) is 1. The molecule has 3 atom stereocenters. The van der Waals surface area contributed by atoms with Crippen LogP contribution >= 0.6 is 24.8 Å². The van der Waals surface area contributed by atoms with Crippen molar-refractivity contribution in [3.05, 3.63) is 71.8 Å². The second-order valence-electron chi connectivity index (χ2n) is 7.24. The number of benzene rings is 2. The number of nitrogens with one attached hydrogen (secondary N) is 1. The van der Waals surface area contributed by atoms with E-state index in [0.717, 1.165) is 25.1 Å². The van der Waals surface area contributed by atoms with Gasteiger partial charge in [0.2, 0.25) is 5.91 Å². The highest BCUT2D eigenvalue weighted by atomic mass is 35.5. The Bertz CT molecular complexity index is 710. The van der Waals surface area contributed by atoms with E-state index in [2.05, 4.69) is 41.4 Å². The van der Waals surface area contributed by atoms with Crippen LogP contribution in [0.4, 0.5) is 0 Å². The minimum atomic E-state index is -1.02. The molecule has 1 amide bonds. The lowest BCUT2D eigenvalue weighted by Gasteiger charge is -2.26. The van der Waals surface area contributed by atoms with Crippen molar-refractivity contribution in [2.75, 3.05) is 6.54 Å². The summed E-state index contributed by atoms with van der Waals surface area (Å²) in [5, 5.41) is 3.16. The summed E-state index contributed by atoms with van der Waals surface area (Å²) in [6.07, 6.45) is 0.948. The van der Waals surface area contributed by atoms with Crippen molar-refractivity contribution in [3.8, 4) is 0 Å². The molecule has 0 bridgehead atoms. The van der Waals surface area contributed by atoms with Gasteiger partial charge in [-0.2, -0.15) is 0 Å². The highest BCUT2D eigenvalue weighted by Gasteiger charge is 2.35. The lowest BCUT2D eigenvalue weighted by atomic mass is 9.92. The Morgan fingerprint density at radius 2 is 1.67 bits per heavy atom. The summed E-state index contributed by atoms with van der Waals surface area (Å²) in [6.45, 7) is 5.76. The normalized spacial score (nSPS) is 21.4. The Morgan fingerprint density at radius 3 is 2.26 bits per heavy atom. The van der Waals surface area contributed by atoms with Gasteiger partial charge in [-0.3, -0.25) is 9.69 Å². The van der Waals surface area contributed by atoms with Gasteiger partial charge in [0, 0.05) is 25.2 Å². The van der Waals surface area contributed by atoms with E-state index in [-0.39, 0.29) is 36.8 Å². The minimum Gasteiger partial charge on any atom is -0.350 e. The zero-order valence-electron chi connectivity index (χ0n) is 15.8. The monoisotopic (exact) mass is 409 g/mol.